The van der Waals surface area contributed by atoms with Gasteiger partial charge in [0.15, 0.2) is 5.16 Å². The van der Waals surface area contributed by atoms with Crippen molar-refractivity contribution in [1.82, 2.24) is 14.5 Å². The number of pyridine rings is 1. The molecule has 0 aromatic carbocycles. The molecular formula is C13H16ClN3OS. The van der Waals surface area contributed by atoms with Gasteiger partial charge in [-0.15, -0.1) is 10.5 Å². The van der Waals surface area contributed by atoms with Gasteiger partial charge in [0.25, 0.3) is 0 Å². The first-order valence-corrected chi connectivity index (χ1v) is 8.31. The largest absolute Gasteiger partial charge is 0.473 e. The molecule has 3 rings (SSSR count). The Morgan fingerprint density at radius 1 is 1.53 bits per heavy atom. The molecule has 0 spiro atoms. The molecule has 1 unspecified atom stereocenters. The summed E-state index contributed by atoms with van der Waals surface area (Å²) in [5, 5.41) is 3.73. The minimum Gasteiger partial charge on any atom is -0.473 e. The van der Waals surface area contributed by atoms with Crippen LogP contribution >= 0.6 is 22.1 Å². The number of halogens is 1. The van der Waals surface area contributed by atoms with E-state index in [-0.39, 0.29) is 10.5 Å². The van der Waals surface area contributed by atoms with E-state index >= 15 is 0 Å². The molecular weight excluding hydrogens is 282 g/mol. The number of ether oxygens (including phenoxy) is 1. The number of fused-ring (bicyclic) bond motifs is 1. The molecule has 102 valence electrons. The van der Waals surface area contributed by atoms with Crippen molar-refractivity contribution in [2.45, 2.75) is 31.0 Å². The maximum atomic E-state index is 6.42. The summed E-state index contributed by atoms with van der Waals surface area (Å²) in [5.41, 5.74) is 1.73. The van der Waals surface area contributed by atoms with Crippen molar-refractivity contribution in [3.63, 3.8) is 0 Å². The van der Waals surface area contributed by atoms with Crippen LogP contribution in [0.25, 0.3) is 11.0 Å². The highest BCUT2D eigenvalue weighted by molar-refractivity contribution is 8.14. The van der Waals surface area contributed by atoms with Crippen LogP contribution in [0.15, 0.2) is 11.4 Å². The molecule has 2 aromatic rings. The lowest BCUT2D eigenvalue weighted by molar-refractivity contribution is 0.292. The first-order chi connectivity index (χ1) is 9.11. The van der Waals surface area contributed by atoms with Crippen LogP contribution in [0, 0.1) is 0 Å². The van der Waals surface area contributed by atoms with Crippen LogP contribution in [-0.4, -0.2) is 32.3 Å². The predicted octanol–water partition coefficient (Wildman–Crippen LogP) is 3.24. The van der Waals surface area contributed by atoms with Gasteiger partial charge in [-0.25, -0.2) is 9.97 Å². The summed E-state index contributed by atoms with van der Waals surface area (Å²) in [7, 11) is 1.99. The van der Waals surface area contributed by atoms with Crippen molar-refractivity contribution in [3.8, 4) is 5.88 Å². The van der Waals surface area contributed by atoms with E-state index in [1.807, 2.05) is 18.5 Å². The summed E-state index contributed by atoms with van der Waals surface area (Å²) in [4.78, 5) is 8.91. The second-order valence-corrected chi connectivity index (χ2v) is 7.01. The standard InChI is InChI=1S/C13H16ClN3OS/c1-4-19(3)13-16-9-7-15-12(18-8-5-6-8)10(14)11(9)17(13)2/h4,7-8H,5-6H2,1-3H3. The van der Waals surface area contributed by atoms with Crippen molar-refractivity contribution in [3.05, 3.63) is 11.2 Å². The van der Waals surface area contributed by atoms with Crippen molar-refractivity contribution in [2.24, 2.45) is 7.05 Å². The lowest BCUT2D eigenvalue weighted by Crippen LogP contribution is -2.00. The number of nitrogens with zero attached hydrogens (tertiary/aromatic N) is 3. The summed E-state index contributed by atoms with van der Waals surface area (Å²) in [6.07, 6.45) is 6.37. The molecule has 1 saturated carbocycles. The SMILES string of the molecule is C/C=S(/C)c1nc2cnc(OC3CC3)c(Cl)c2n1C. The Balaban J connectivity index is 2.15. The van der Waals surface area contributed by atoms with Gasteiger partial charge >= 0.3 is 0 Å². The summed E-state index contributed by atoms with van der Waals surface area (Å²) < 4.78 is 7.77. The molecule has 2 aromatic heterocycles. The fourth-order valence-corrected chi connectivity index (χ4v) is 3.24. The minimum absolute atomic E-state index is 0.00174. The molecule has 1 aliphatic carbocycles. The monoisotopic (exact) mass is 297 g/mol. The zero-order chi connectivity index (χ0) is 13.6. The number of aromatic nitrogens is 3. The first-order valence-electron chi connectivity index (χ1n) is 6.23. The second kappa shape index (κ2) is 4.80. The molecule has 0 bridgehead atoms. The van der Waals surface area contributed by atoms with Crippen LogP contribution in [0.3, 0.4) is 0 Å². The van der Waals surface area contributed by atoms with Crippen LogP contribution in [0.5, 0.6) is 5.88 Å². The smallest absolute Gasteiger partial charge is 0.235 e. The molecule has 1 fully saturated rings. The van der Waals surface area contributed by atoms with E-state index < -0.39 is 0 Å². The van der Waals surface area contributed by atoms with Crippen molar-refractivity contribution >= 4 is 38.5 Å². The van der Waals surface area contributed by atoms with Gasteiger partial charge in [-0.3, -0.25) is 0 Å². The normalized spacial score (nSPS) is 17.1. The van der Waals surface area contributed by atoms with Crippen LogP contribution in [0.1, 0.15) is 19.8 Å². The fraction of sp³-hybridized carbons (Fsp3) is 0.462. The molecule has 4 nitrogen and oxygen atoms in total. The molecule has 0 N–H and O–H groups in total. The Kier molecular flexibility index (Phi) is 3.27. The van der Waals surface area contributed by atoms with Gasteiger partial charge in [0.2, 0.25) is 5.88 Å². The van der Waals surface area contributed by atoms with Gasteiger partial charge in [-0.1, -0.05) is 17.0 Å². The van der Waals surface area contributed by atoms with Gasteiger partial charge in [-0.2, -0.15) is 0 Å². The maximum absolute atomic E-state index is 6.42. The number of rotatable bonds is 3. The quantitative estimate of drug-likeness (QED) is 0.817. The molecule has 1 aliphatic rings. The number of hydrogen-bond acceptors (Lipinski definition) is 3. The molecule has 1 atom stereocenters. The lowest BCUT2D eigenvalue weighted by atomic mass is 10.4. The average molecular weight is 298 g/mol. The van der Waals surface area contributed by atoms with Gasteiger partial charge in [0, 0.05) is 7.05 Å². The third kappa shape index (κ3) is 2.25. The zero-order valence-corrected chi connectivity index (χ0v) is 12.8. The summed E-state index contributed by atoms with van der Waals surface area (Å²) in [5.74, 6) is 0.530. The molecule has 2 heterocycles. The van der Waals surface area contributed by atoms with Gasteiger partial charge in [0.05, 0.1) is 11.7 Å². The zero-order valence-electron chi connectivity index (χ0n) is 11.2. The number of aryl methyl sites for hydroxylation is 1. The second-order valence-electron chi connectivity index (χ2n) is 4.68. The molecule has 0 saturated heterocycles. The van der Waals surface area contributed by atoms with Crippen molar-refractivity contribution in [1.29, 1.82) is 0 Å². The molecule has 6 heteroatoms. The highest BCUT2D eigenvalue weighted by atomic mass is 35.5. The van der Waals surface area contributed by atoms with Crippen LogP contribution in [-0.2, 0) is 7.05 Å². The molecule has 19 heavy (non-hydrogen) atoms. The number of imidazole rings is 1. The number of hydrogen-bond donors (Lipinski definition) is 0. The third-order valence-corrected chi connectivity index (χ3v) is 5.21. The molecule has 0 amide bonds. The maximum Gasteiger partial charge on any atom is 0.235 e. The lowest BCUT2D eigenvalue weighted by Gasteiger charge is -2.07. The van der Waals surface area contributed by atoms with Gasteiger partial charge < -0.3 is 9.30 Å². The Hall–Kier alpha value is -1.07. The predicted molar refractivity (Wildman–Crippen MR) is 80.7 cm³/mol. The van der Waals surface area contributed by atoms with E-state index in [1.54, 1.807) is 6.20 Å². The summed E-state index contributed by atoms with van der Waals surface area (Å²) >= 11 is 6.42. The Bertz CT molecular complexity index is 676. The summed E-state index contributed by atoms with van der Waals surface area (Å²) in [6.45, 7) is 2.05. The van der Waals surface area contributed by atoms with Crippen molar-refractivity contribution in [2.75, 3.05) is 6.26 Å². The topological polar surface area (TPSA) is 39.9 Å². The minimum atomic E-state index is 0.00174. The van der Waals surface area contributed by atoms with Crippen LogP contribution in [0.4, 0.5) is 0 Å². The van der Waals surface area contributed by atoms with E-state index in [2.05, 4.69) is 21.6 Å². The van der Waals surface area contributed by atoms with E-state index in [0.717, 1.165) is 29.0 Å². The highest BCUT2D eigenvalue weighted by Gasteiger charge is 2.26. The summed E-state index contributed by atoms with van der Waals surface area (Å²) in [6, 6.07) is 0. The third-order valence-electron chi connectivity index (χ3n) is 3.23. The Morgan fingerprint density at radius 2 is 2.26 bits per heavy atom. The van der Waals surface area contributed by atoms with Gasteiger partial charge in [0.1, 0.15) is 16.6 Å². The molecule has 0 aliphatic heterocycles. The van der Waals surface area contributed by atoms with Crippen molar-refractivity contribution < 1.29 is 4.74 Å². The van der Waals surface area contributed by atoms with E-state index in [1.165, 1.54) is 0 Å². The average Bonchev–Trinajstić information content (AvgIpc) is 3.15. The Labute approximate surface area is 119 Å². The molecule has 0 radical (unpaired) electrons. The fourth-order valence-electron chi connectivity index (χ4n) is 1.95. The van der Waals surface area contributed by atoms with E-state index in [0.29, 0.717) is 17.0 Å². The van der Waals surface area contributed by atoms with E-state index in [9.17, 15) is 0 Å². The van der Waals surface area contributed by atoms with Crippen LogP contribution in [0.2, 0.25) is 5.02 Å². The Morgan fingerprint density at radius 3 is 2.89 bits per heavy atom. The first kappa shape index (κ1) is 12.9. The highest BCUT2D eigenvalue weighted by Crippen LogP contribution is 2.36. The van der Waals surface area contributed by atoms with Crippen LogP contribution < -0.4 is 4.74 Å². The van der Waals surface area contributed by atoms with Gasteiger partial charge in [-0.05, 0) is 26.0 Å². The van der Waals surface area contributed by atoms with E-state index in [4.69, 9.17) is 16.3 Å².